The van der Waals surface area contributed by atoms with Gasteiger partial charge in [0.15, 0.2) is 11.8 Å². The smallest absolute Gasteiger partial charge is 0.228 e. The SMILES string of the molecule is CCNC(=NCc1cccc(C)c1)NCCc1nc(C(C)C)no1. The number of aryl methyl sites for hydroxylation is 1. The lowest BCUT2D eigenvalue weighted by Crippen LogP contribution is -2.38. The minimum Gasteiger partial charge on any atom is -0.357 e. The Balaban J connectivity index is 1.86. The van der Waals surface area contributed by atoms with Gasteiger partial charge in [0.05, 0.1) is 6.54 Å². The summed E-state index contributed by atoms with van der Waals surface area (Å²) in [6.45, 7) is 10.4. The summed E-state index contributed by atoms with van der Waals surface area (Å²) in [6.07, 6.45) is 0.675. The van der Waals surface area contributed by atoms with Crippen LogP contribution in [0.2, 0.25) is 0 Å². The molecule has 2 N–H and O–H groups in total. The Morgan fingerprint density at radius 3 is 2.79 bits per heavy atom. The van der Waals surface area contributed by atoms with Gasteiger partial charge in [-0.25, -0.2) is 4.99 Å². The van der Waals surface area contributed by atoms with Gasteiger partial charge < -0.3 is 15.2 Å². The lowest BCUT2D eigenvalue weighted by Gasteiger charge is -2.10. The van der Waals surface area contributed by atoms with E-state index in [1.807, 2.05) is 13.8 Å². The monoisotopic (exact) mass is 329 g/mol. The molecule has 0 atom stereocenters. The van der Waals surface area contributed by atoms with E-state index in [1.165, 1.54) is 11.1 Å². The molecule has 1 heterocycles. The highest BCUT2D eigenvalue weighted by Gasteiger charge is 2.09. The van der Waals surface area contributed by atoms with Crippen molar-refractivity contribution in [1.82, 2.24) is 20.8 Å². The molecule has 0 aliphatic rings. The highest BCUT2D eigenvalue weighted by molar-refractivity contribution is 5.79. The fourth-order valence-electron chi connectivity index (χ4n) is 2.21. The maximum atomic E-state index is 5.25. The minimum atomic E-state index is 0.281. The molecule has 0 aliphatic carbocycles. The Morgan fingerprint density at radius 2 is 2.12 bits per heavy atom. The number of aliphatic imine (C=N–C) groups is 1. The van der Waals surface area contributed by atoms with Crippen molar-refractivity contribution in [3.05, 3.63) is 47.1 Å². The second-order valence-electron chi connectivity index (χ2n) is 6.06. The van der Waals surface area contributed by atoms with Crippen molar-refractivity contribution in [2.75, 3.05) is 13.1 Å². The van der Waals surface area contributed by atoms with Crippen molar-refractivity contribution in [1.29, 1.82) is 0 Å². The van der Waals surface area contributed by atoms with Crippen LogP contribution in [0.4, 0.5) is 0 Å². The first kappa shape index (κ1) is 18.0. The lowest BCUT2D eigenvalue weighted by atomic mass is 10.1. The molecule has 24 heavy (non-hydrogen) atoms. The van der Waals surface area contributed by atoms with Gasteiger partial charge >= 0.3 is 0 Å². The van der Waals surface area contributed by atoms with Crippen molar-refractivity contribution >= 4 is 5.96 Å². The summed E-state index contributed by atoms with van der Waals surface area (Å²) in [5, 5.41) is 10.5. The van der Waals surface area contributed by atoms with Crippen LogP contribution in [0.25, 0.3) is 0 Å². The van der Waals surface area contributed by atoms with Gasteiger partial charge in [-0.2, -0.15) is 4.98 Å². The predicted molar refractivity (Wildman–Crippen MR) is 96.1 cm³/mol. The molecule has 0 saturated heterocycles. The zero-order valence-corrected chi connectivity index (χ0v) is 15.0. The molecular formula is C18H27N5O. The van der Waals surface area contributed by atoms with Gasteiger partial charge in [-0.15, -0.1) is 0 Å². The second-order valence-corrected chi connectivity index (χ2v) is 6.06. The van der Waals surface area contributed by atoms with E-state index in [9.17, 15) is 0 Å². The van der Waals surface area contributed by atoms with Gasteiger partial charge in [0.25, 0.3) is 0 Å². The molecular weight excluding hydrogens is 302 g/mol. The van der Waals surface area contributed by atoms with E-state index in [2.05, 4.69) is 63.9 Å². The number of hydrogen-bond donors (Lipinski definition) is 2. The fourth-order valence-corrected chi connectivity index (χ4v) is 2.21. The third kappa shape index (κ3) is 5.68. The summed E-state index contributed by atoms with van der Waals surface area (Å²) >= 11 is 0. The number of hydrogen-bond acceptors (Lipinski definition) is 4. The van der Waals surface area contributed by atoms with E-state index in [-0.39, 0.29) is 5.92 Å². The summed E-state index contributed by atoms with van der Waals surface area (Å²) in [5.74, 6) is 2.48. The number of nitrogens with zero attached hydrogens (tertiary/aromatic N) is 3. The molecule has 0 aliphatic heterocycles. The average molecular weight is 329 g/mol. The molecule has 0 fully saturated rings. The Hall–Kier alpha value is -2.37. The van der Waals surface area contributed by atoms with Crippen LogP contribution >= 0.6 is 0 Å². The van der Waals surface area contributed by atoms with Crippen LogP contribution in [0.1, 0.15) is 49.5 Å². The first-order chi connectivity index (χ1) is 11.6. The van der Waals surface area contributed by atoms with Crippen LogP contribution in [-0.4, -0.2) is 29.2 Å². The molecule has 0 amide bonds. The quantitative estimate of drug-likeness (QED) is 0.603. The minimum absolute atomic E-state index is 0.281. The number of rotatable bonds is 7. The van der Waals surface area contributed by atoms with Crippen molar-refractivity contribution < 1.29 is 4.52 Å². The molecule has 0 spiro atoms. The largest absolute Gasteiger partial charge is 0.357 e. The molecule has 6 nitrogen and oxygen atoms in total. The third-order valence-electron chi connectivity index (χ3n) is 3.48. The molecule has 1 aromatic heterocycles. The average Bonchev–Trinajstić information content (AvgIpc) is 3.02. The van der Waals surface area contributed by atoms with Gasteiger partial charge in [0, 0.05) is 25.4 Å². The summed E-state index contributed by atoms with van der Waals surface area (Å²) < 4.78 is 5.25. The summed E-state index contributed by atoms with van der Waals surface area (Å²) in [7, 11) is 0. The van der Waals surface area contributed by atoms with Crippen LogP contribution in [0.15, 0.2) is 33.8 Å². The molecule has 1 aromatic carbocycles. The van der Waals surface area contributed by atoms with Crippen molar-refractivity contribution in [2.24, 2.45) is 4.99 Å². The van der Waals surface area contributed by atoms with Crippen LogP contribution < -0.4 is 10.6 Å². The molecule has 0 radical (unpaired) electrons. The molecule has 2 aromatic rings. The highest BCUT2D eigenvalue weighted by atomic mass is 16.5. The van der Waals surface area contributed by atoms with Gasteiger partial charge in [0.1, 0.15) is 0 Å². The Kier molecular flexibility index (Phi) is 6.78. The van der Waals surface area contributed by atoms with Gasteiger partial charge in [-0.05, 0) is 19.4 Å². The Bertz CT molecular complexity index is 663. The standard InChI is InChI=1S/C18H27N5O/c1-5-19-18(21-12-15-8-6-7-14(4)11-15)20-10-9-16-22-17(13(2)3)23-24-16/h6-8,11,13H,5,9-10,12H2,1-4H3,(H2,19,20,21). The molecule has 0 saturated carbocycles. The maximum Gasteiger partial charge on any atom is 0.228 e. The maximum absolute atomic E-state index is 5.25. The van der Waals surface area contributed by atoms with Gasteiger partial charge in [-0.3, -0.25) is 0 Å². The van der Waals surface area contributed by atoms with Crippen LogP contribution in [-0.2, 0) is 13.0 Å². The molecule has 0 bridgehead atoms. The van der Waals surface area contributed by atoms with E-state index in [0.29, 0.717) is 25.4 Å². The van der Waals surface area contributed by atoms with Crippen molar-refractivity contribution in [3.63, 3.8) is 0 Å². The first-order valence-electron chi connectivity index (χ1n) is 8.48. The Morgan fingerprint density at radius 1 is 1.29 bits per heavy atom. The van der Waals surface area contributed by atoms with Crippen LogP contribution in [0.5, 0.6) is 0 Å². The second kappa shape index (κ2) is 9.05. The van der Waals surface area contributed by atoms with Crippen molar-refractivity contribution in [2.45, 2.75) is 46.6 Å². The summed E-state index contributed by atoms with van der Waals surface area (Å²) in [4.78, 5) is 9.00. The Labute approximate surface area is 143 Å². The zero-order valence-electron chi connectivity index (χ0n) is 15.0. The lowest BCUT2D eigenvalue weighted by molar-refractivity contribution is 0.371. The molecule has 130 valence electrons. The van der Waals surface area contributed by atoms with Crippen LogP contribution in [0, 0.1) is 6.92 Å². The summed E-state index contributed by atoms with van der Waals surface area (Å²) in [5.41, 5.74) is 2.45. The highest BCUT2D eigenvalue weighted by Crippen LogP contribution is 2.09. The van der Waals surface area contributed by atoms with E-state index in [0.717, 1.165) is 18.3 Å². The molecule has 0 unspecified atom stereocenters. The number of benzene rings is 1. The number of aromatic nitrogens is 2. The third-order valence-corrected chi connectivity index (χ3v) is 3.48. The molecule has 2 rings (SSSR count). The fraction of sp³-hybridized carbons (Fsp3) is 0.500. The molecule has 6 heteroatoms. The van der Waals surface area contributed by atoms with E-state index in [1.54, 1.807) is 0 Å². The van der Waals surface area contributed by atoms with Gasteiger partial charge in [0.2, 0.25) is 5.89 Å². The summed E-state index contributed by atoms with van der Waals surface area (Å²) in [6, 6.07) is 8.39. The topological polar surface area (TPSA) is 75.3 Å². The van der Waals surface area contributed by atoms with E-state index >= 15 is 0 Å². The van der Waals surface area contributed by atoms with Crippen molar-refractivity contribution in [3.8, 4) is 0 Å². The van der Waals surface area contributed by atoms with Gasteiger partial charge in [-0.1, -0.05) is 48.8 Å². The normalized spacial score (nSPS) is 11.8. The van der Waals surface area contributed by atoms with E-state index < -0.39 is 0 Å². The van der Waals surface area contributed by atoms with E-state index in [4.69, 9.17) is 4.52 Å². The predicted octanol–water partition coefficient (Wildman–Crippen LogP) is 2.80. The first-order valence-corrected chi connectivity index (χ1v) is 8.48. The zero-order chi connectivity index (χ0) is 17.4. The number of guanidine groups is 1. The van der Waals surface area contributed by atoms with Crippen LogP contribution in [0.3, 0.4) is 0 Å². The number of nitrogens with one attached hydrogen (secondary N) is 2.